The molecule has 0 fully saturated rings. The first-order valence-corrected chi connectivity index (χ1v) is 9.29. The number of carbonyl (C=O) groups excluding carboxylic acids is 1. The maximum Gasteiger partial charge on any atom is 0.270 e. The minimum absolute atomic E-state index is 0.153. The van der Waals surface area contributed by atoms with Crippen molar-refractivity contribution in [1.82, 2.24) is 15.1 Å². The molecule has 5 nitrogen and oxygen atoms in total. The van der Waals surface area contributed by atoms with Crippen LogP contribution in [0.4, 0.5) is 0 Å². The fourth-order valence-corrected chi connectivity index (χ4v) is 2.84. The Labute approximate surface area is 163 Å². The van der Waals surface area contributed by atoms with E-state index in [-0.39, 0.29) is 5.91 Å². The van der Waals surface area contributed by atoms with Gasteiger partial charge in [0.25, 0.3) is 5.91 Å². The highest BCUT2D eigenvalue weighted by Crippen LogP contribution is 2.25. The predicted molar refractivity (Wildman–Crippen MR) is 108 cm³/mol. The van der Waals surface area contributed by atoms with E-state index in [1.807, 2.05) is 36.4 Å². The van der Waals surface area contributed by atoms with Crippen LogP contribution in [0, 0.1) is 0 Å². The number of ether oxygens (including phenoxy) is 1. The van der Waals surface area contributed by atoms with E-state index in [0.29, 0.717) is 23.0 Å². The number of hydrogen-bond donors (Lipinski definition) is 1. The minimum atomic E-state index is -0.153. The smallest absolute Gasteiger partial charge is 0.270 e. The van der Waals surface area contributed by atoms with Crippen molar-refractivity contribution in [2.45, 2.75) is 19.8 Å². The van der Waals surface area contributed by atoms with Crippen molar-refractivity contribution in [3.8, 4) is 22.7 Å². The van der Waals surface area contributed by atoms with Crippen LogP contribution in [0.1, 0.15) is 30.3 Å². The van der Waals surface area contributed by atoms with Gasteiger partial charge in [-0.25, -0.2) is 4.68 Å². The molecule has 27 heavy (non-hydrogen) atoms. The maximum absolute atomic E-state index is 12.7. The molecule has 0 bridgehead atoms. The molecule has 0 radical (unpaired) electrons. The van der Waals surface area contributed by atoms with Gasteiger partial charge in [-0.2, -0.15) is 5.10 Å². The molecule has 0 saturated heterocycles. The molecule has 0 saturated carbocycles. The van der Waals surface area contributed by atoms with Gasteiger partial charge in [-0.3, -0.25) is 4.79 Å². The molecule has 1 aromatic heterocycles. The molecule has 0 spiro atoms. The standard InChI is InChI=1S/C21H22ClN3O2/c1-3-4-12-23-21(26)20-14-19(15-6-5-7-18(13-15)27-2)24-25(20)17-10-8-16(22)9-11-17/h5-11,13-14H,3-4,12H2,1-2H3,(H,23,26). The van der Waals surface area contributed by atoms with Crippen LogP contribution in [0.15, 0.2) is 54.6 Å². The Kier molecular flexibility index (Phi) is 6.14. The number of carbonyl (C=O) groups is 1. The second-order valence-corrected chi connectivity index (χ2v) is 6.58. The minimum Gasteiger partial charge on any atom is -0.497 e. The van der Waals surface area contributed by atoms with E-state index in [0.717, 1.165) is 29.8 Å². The number of amides is 1. The van der Waals surface area contributed by atoms with Crippen LogP contribution >= 0.6 is 11.6 Å². The van der Waals surface area contributed by atoms with E-state index in [9.17, 15) is 4.79 Å². The highest BCUT2D eigenvalue weighted by atomic mass is 35.5. The summed E-state index contributed by atoms with van der Waals surface area (Å²) in [6, 6.07) is 16.6. The van der Waals surface area contributed by atoms with E-state index in [1.54, 1.807) is 30.0 Å². The number of halogens is 1. The zero-order chi connectivity index (χ0) is 19.2. The van der Waals surface area contributed by atoms with Gasteiger partial charge in [0.2, 0.25) is 0 Å². The topological polar surface area (TPSA) is 56.1 Å². The van der Waals surface area contributed by atoms with E-state index < -0.39 is 0 Å². The van der Waals surface area contributed by atoms with E-state index >= 15 is 0 Å². The molecule has 0 aliphatic heterocycles. The third-order valence-electron chi connectivity index (χ3n) is 4.19. The number of methoxy groups -OCH3 is 1. The van der Waals surface area contributed by atoms with Crippen LogP contribution in [0.25, 0.3) is 16.9 Å². The molecule has 140 valence electrons. The normalized spacial score (nSPS) is 10.6. The molecule has 0 aliphatic rings. The summed E-state index contributed by atoms with van der Waals surface area (Å²) in [6.45, 7) is 2.72. The first-order chi connectivity index (χ1) is 13.1. The third kappa shape index (κ3) is 4.49. The summed E-state index contributed by atoms with van der Waals surface area (Å²) in [5.74, 6) is 0.586. The van der Waals surface area contributed by atoms with Gasteiger partial charge in [0, 0.05) is 17.1 Å². The fraction of sp³-hybridized carbons (Fsp3) is 0.238. The Morgan fingerprint density at radius 3 is 2.67 bits per heavy atom. The number of nitrogens with zero attached hydrogens (tertiary/aromatic N) is 2. The van der Waals surface area contributed by atoms with Crippen molar-refractivity contribution in [2.24, 2.45) is 0 Å². The van der Waals surface area contributed by atoms with Crippen LogP contribution in [-0.2, 0) is 0 Å². The highest BCUT2D eigenvalue weighted by Gasteiger charge is 2.17. The predicted octanol–water partition coefficient (Wildman–Crippen LogP) is 4.73. The first-order valence-electron chi connectivity index (χ1n) is 8.91. The Bertz CT molecular complexity index is 919. The molecule has 0 unspecified atom stereocenters. The van der Waals surface area contributed by atoms with Gasteiger partial charge < -0.3 is 10.1 Å². The molecule has 1 heterocycles. The Hall–Kier alpha value is -2.79. The molecule has 3 aromatic rings. The van der Waals surface area contributed by atoms with E-state index in [4.69, 9.17) is 16.3 Å². The fourth-order valence-electron chi connectivity index (χ4n) is 2.71. The van der Waals surface area contributed by atoms with Crippen molar-refractivity contribution in [3.63, 3.8) is 0 Å². The van der Waals surface area contributed by atoms with Gasteiger partial charge in [-0.15, -0.1) is 0 Å². The average molecular weight is 384 g/mol. The second-order valence-electron chi connectivity index (χ2n) is 6.14. The summed E-state index contributed by atoms with van der Waals surface area (Å²) < 4.78 is 6.94. The van der Waals surface area contributed by atoms with Crippen LogP contribution in [0.2, 0.25) is 5.02 Å². The largest absolute Gasteiger partial charge is 0.497 e. The van der Waals surface area contributed by atoms with Gasteiger partial charge in [-0.05, 0) is 48.9 Å². The second kappa shape index (κ2) is 8.73. The number of benzene rings is 2. The Balaban J connectivity index is 2.02. The van der Waals surface area contributed by atoms with Crippen molar-refractivity contribution >= 4 is 17.5 Å². The molecule has 3 rings (SSSR count). The zero-order valence-electron chi connectivity index (χ0n) is 15.4. The monoisotopic (exact) mass is 383 g/mol. The van der Waals surface area contributed by atoms with Crippen molar-refractivity contribution < 1.29 is 9.53 Å². The lowest BCUT2D eigenvalue weighted by atomic mass is 10.1. The summed E-state index contributed by atoms with van der Waals surface area (Å²) >= 11 is 6.00. The molecule has 6 heteroatoms. The van der Waals surface area contributed by atoms with Crippen molar-refractivity contribution in [1.29, 1.82) is 0 Å². The lowest BCUT2D eigenvalue weighted by Gasteiger charge is -2.08. The summed E-state index contributed by atoms with van der Waals surface area (Å²) in [6.07, 6.45) is 1.95. The van der Waals surface area contributed by atoms with Gasteiger partial charge in [0.05, 0.1) is 18.5 Å². The Morgan fingerprint density at radius 1 is 1.19 bits per heavy atom. The number of nitrogens with one attached hydrogen (secondary N) is 1. The Morgan fingerprint density at radius 2 is 1.96 bits per heavy atom. The SMILES string of the molecule is CCCCNC(=O)c1cc(-c2cccc(OC)c2)nn1-c1ccc(Cl)cc1. The van der Waals surface area contributed by atoms with Crippen molar-refractivity contribution in [2.75, 3.05) is 13.7 Å². The van der Waals surface area contributed by atoms with E-state index in [2.05, 4.69) is 17.3 Å². The van der Waals surface area contributed by atoms with Crippen molar-refractivity contribution in [3.05, 3.63) is 65.3 Å². The zero-order valence-corrected chi connectivity index (χ0v) is 16.2. The number of aromatic nitrogens is 2. The number of unbranched alkanes of at least 4 members (excludes halogenated alkanes) is 1. The summed E-state index contributed by atoms with van der Waals surface area (Å²) in [5.41, 5.74) is 2.83. The quantitative estimate of drug-likeness (QED) is 0.600. The first kappa shape index (κ1) is 19.0. The highest BCUT2D eigenvalue weighted by molar-refractivity contribution is 6.30. The van der Waals surface area contributed by atoms with Gasteiger partial charge >= 0.3 is 0 Å². The molecule has 0 atom stereocenters. The molecule has 1 amide bonds. The molecule has 0 aliphatic carbocycles. The summed E-state index contributed by atoms with van der Waals surface area (Å²) in [4.78, 5) is 12.7. The van der Waals surface area contributed by atoms with Crippen LogP contribution in [-0.4, -0.2) is 29.3 Å². The van der Waals surface area contributed by atoms with Crippen LogP contribution < -0.4 is 10.1 Å². The van der Waals surface area contributed by atoms with Gasteiger partial charge in [0.15, 0.2) is 0 Å². The van der Waals surface area contributed by atoms with Gasteiger partial charge in [0.1, 0.15) is 11.4 Å². The van der Waals surface area contributed by atoms with E-state index in [1.165, 1.54) is 0 Å². The molecule has 1 N–H and O–H groups in total. The molecular formula is C21H22ClN3O2. The van der Waals surface area contributed by atoms with Crippen LogP contribution in [0.3, 0.4) is 0 Å². The molecule has 2 aromatic carbocycles. The average Bonchev–Trinajstić information content (AvgIpc) is 3.14. The lowest BCUT2D eigenvalue weighted by molar-refractivity contribution is 0.0945. The number of hydrogen-bond acceptors (Lipinski definition) is 3. The van der Waals surface area contributed by atoms with Gasteiger partial charge in [-0.1, -0.05) is 37.1 Å². The number of rotatable bonds is 7. The lowest BCUT2D eigenvalue weighted by Crippen LogP contribution is -2.26. The van der Waals surface area contributed by atoms with Crippen LogP contribution in [0.5, 0.6) is 5.75 Å². The maximum atomic E-state index is 12.7. The summed E-state index contributed by atoms with van der Waals surface area (Å²) in [7, 11) is 1.62. The molecular weight excluding hydrogens is 362 g/mol. The third-order valence-corrected chi connectivity index (χ3v) is 4.45. The summed E-state index contributed by atoms with van der Waals surface area (Å²) in [5, 5.41) is 8.25.